The molecule has 0 aliphatic heterocycles. The maximum atomic E-state index is 4.06. The second-order valence-electron chi connectivity index (χ2n) is 4.78. The molecular formula is C14H20. The lowest BCUT2D eigenvalue weighted by atomic mass is 9.78. The van der Waals surface area contributed by atoms with E-state index >= 15 is 0 Å². The standard InChI is InChI=1S/C14H20/c1-10(2)14(5,6)13-8-11(3)7-12(4)9-13/h7-9H,1H2,2-6H3. The van der Waals surface area contributed by atoms with Crippen LogP contribution in [-0.2, 0) is 5.41 Å². The first kappa shape index (κ1) is 11.0. The fourth-order valence-corrected chi connectivity index (χ4v) is 1.58. The Kier molecular flexibility index (Phi) is 2.84. The molecule has 0 unspecified atom stereocenters. The van der Waals surface area contributed by atoms with Crippen molar-refractivity contribution in [2.75, 3.05) is 0 Å². The second-order valence-corrected chi connectivity index (χ2v) is 4.78. The van der Waals surface area contributed by atoms with Crippen molar-refractivity contribution in [2.45, 2.75) is 40.0 Å². The van der Waals surface area contributed by atoms with Crippen molar-refractivity contribution in [1.82, 2.24) is 0 Å². The Bertz CT molecular complexity index is 336. The van der Waals surface area contributed by atoms with Crippen LogP contribution in [0.2, 0.25) is 0 Å². The van der Waals surface area contributed by atoms with Gasteiger partial charge in [-0.25, -0.2) is 0 Å². The predicted octanol–water partition coefficient (Wildman–Crippen LogP) is 4.16. The van der Waals surface area contributed by atoms with Crippen LogP contribution in [0.3, 0.4) is 0 Å². The SMILES string of the molecule is C=C(C)C(C)(C)c1cc(C)cc(C)c1. The molecule has 0 radical (unpaired) electrons. The van der Waals surface area contributed by atoms with Gasteiger partial charge in [0, 0.05) is 5.41 Å². The first-order valence-electron chi connectivity index (χ1n) is 5.09. The minimum absolute atomic E-state index is 0.0801. The molecule has 0 saturated heterocycles. The zero-order valence-corrected chi connectivity index (χ0v) is 9.94. The number of benzene rings is 1. The highest BCUT2D eigenvalue weighted by molar-refractivity contribution is 5.38. The van der Waals surface area contributed by atoms with Crippen molar-refractivity contribution in [1.29, 1.82) is 0 Å². The molecule has 1 rings (SSSR count). The van der Waals surface area contributed by atoms with Crippen molar-refractivity contribution in [3.05, 3.63) is 47.0 Å². The highest BCUT2D eigenvalue weighted by atomic mass is 14.3. The average Bonchev–Trinajstić information content (AvgIpc) is 2.01. The van der Waals surface area contributed by atoms with E-state index in [1.165, 1.54) is 22.3 Å². The molecule has 1 aromatic rings. The van der Waals surface area contributed by atoms with E-state index < -0.39 is 0 Å². The Morgan fingerprint density at radius 2 is 1.50 bits per heavy atom. The quantitative estimate of drug-likeness (QED) is 0.611. The topological polar surface area (TPSA) is 0 Å². The summed E-state index contributed by atoms with van der Waals surface area (Å²) in [7, 11) is 0. The Morgan fingerprint density at radius 1 is 1.07 bits per heavy atom. The van der Waals surface area contributed by atoms with Crippen LogP contribution in [0.1, 0.15) is 37.5 Å². The monoisotopic (exact) mass is 188 g/mol. The van der Waals surface area contributed by atoms with E-state index in [1.807, 2.05) is 0 Å². The van der Waals surface area contributed by atoms with Gasteiger partial charge in [0.15, 0.2) is 0 Å². The number of hydrogen-bond donors (Lipinski definition) is 0. The van der Waals surface area contributed by atoms with E-state index in [-0.39, 0.29) is 5.41 Å². The summed E-state index contributed by atoms with van der Waals surface area (Å²) in [6.07, 6.45) is 0. The summed E-state index contributed by atoms with van der Waals surface area (Å²) in [5.41, 5.74) is 5.31. The molecule has 1 aromatic carbocycles. The zero-order valence-electron chi connectivity index (χ0n) is 9.94. The summed E-state index contributed by atoms with van der Waals surface area (Å²) in [5.74, 6) is 0. The van der Waals surface area contributed by atoms with Gasteiger partial charge in [0.05, 0.1) is 0 Å². The summed E-state index contributed by atoms with van der Waals surface area (Å²) < 4.78 is 0. The summed E-state index contributed by atoms with van der Waals surface area (Å²) in [6, 6.07) is 6.71. The van der Waals surface area contributed by atoms with Gasteiger partial charge >= 0.3 is 0 Å². The minimum atomic E-state index is 0.0801. The van der Waals surface area contributed by atoms with E-state index in [2.05, 4.69) is 59.4 Å². The third-order valence-corrected chi connectivity index (χ3v) is 3.01. The molecule has 0 amide bonds. The number of allylic oxidation sites excluding steroid dienone is 1. The Labute approximate surface area is 87.7 Å². The van der Waals surface area contributed by atoms with E-state index in [1.54, 1.807) is 0 Å². The van der Waals surface area contributed by atoms with E-state index in [9.17, 15) is 0 Å². The van der Waals surface area contributed by atoms with Crippen LogP contribution in [-0.4, -0.2) is 0 Å². The molecule has 0 bridgehead atoms. The van der Waals surface area contributed by atoms with Crippen LogP contribution in [0.25, 0.3) is 0 Å². The Morgan fingerprint density at radius 3 is 1.86 bits per heavy atom. The van der Waals surface area contributed by atoms with Crippen LogP contribution in [0.5, 0.6) is 0 Å². The van der Waals surface area contributed by atoms with Gasteiger partial charge in [0.2, 0.25) is 0 Å². The number of hydrogen-bond acceptors (Lipinski definition) is 0. The van der Waals surface area contributed by atoms with Crippen molar-refractivity contribution < 1.29 is 0 Å². The van der Waals surface area contributed by atoms with Crippen molar-refractivity contribution in [2.24, 2.45) is 0 Å². The third kappa shape index (κ3) is 2.06. The van der Waals surface area contributed by atoms with Gasteiger partial charge in [-0.1, -0.05) is 55.3 Å². The molecule has 0 heteroatoms. The van der Waals surface area contributed by atoms with Gasteiger partial charge in [-0.2, -0.15) is 0 Å². The van der Waals surface area contributed by atoms with E-state index in [0.717, 1.165) is 0 Å². The minimum Gasteiger partial charge on any atom is -0.0993 e. The van der Waals surface area contributed by atoms with Crippen LogP contribution in [0, 0.1) is 13.8 Å². The van der Waals surface area contributed by atoms with Gasteiger partial charge in [-0.05, 0) is 26.3 Å². The summed E-state index contributed by atoms with van der Waals surface area (Å²) >= 11 is 0. The van der Waals surface area contributed by atoms with Gasteiger partial charge in [-0.3, -0.25) is 0 Å². The summed E-state index contributed by atoms with van der Waals surface area (Å²) in [5, 5.41) is 0. The maximum absolute atomic E-state index is 4.06. The highest BCUT2D eigenvalue weighted by Gasteiger charge is 2.21. The van der Waals surface area contributed by atoms with Crippen molar-refractivity contribution in [3.8, 4) is 0 Å². The predicted molar refractivity (Wildman–Crippen MR) is 63.8 cm³/mol. The molecule has 0 aliphatic carbocycles. The van der Waals surface area contributed by atoms with Crippen molar-refractivity contribution >= 4 is 0 Å². The lowest BCUT2D eigenvalue weighted by Crippen LogP contribution is -2.18. The molecule has 0 fully saturated rings. The molecule has 0 aromatic heterocycles. The molecule has 0 spiro atoms. The van der Waals surface area contributed by atoms with Crippen LogP contribution >= 0.6 is 0 Å². The fourth-order valence-electron chi connectivity index (χ4n) is 1.58. The first-order chi connectivity index (χ1) is 6.34. The Hall–Kier alpha value is -1.04. The lowest BCUT2D eigenvalue weighted by Gasteiger charge is -2.26. The Balaban J connectivity index is 3.25. The van der Waals surface area contributed by atoms with Gasteiger partial charge < -0.3 is 0 Å². The zero-order chi connectivity index (χ0) is 10.9. The maximum Gasteiger partial charge on any atom is 0.00998 e. The third-order valence-electron chi connectivity index (χ3n) is 3.01. The normalized spacial score (nSPS) is 11.5. The molecule has 0 atom stereocenters. The van der Waals surface area contributed by atoms with Crippen LogP contribution in [0.4, 0.5) is 0 Å². The van der Waals surface area contributed by atoms with Gasteiger partial charge in [-0.15, -0.1) is 0 Å². The first-order valence-corrected chi connectivity index (χ1v) is 5.09. The molecule has 0 saturated carbocycles. The smallest absolute Gasteiger partial charge is 0.00998 e. The van der Waals surface area contributed by atoms with E-state index in [0.29, 0.717) is 0 Å². The van der Waals surface area contributed by atoms with E-state index in [4.69, 9.17) is 0 Å². The highest BCUT2D eigenvalue weighted by Crippen LogP contribution is 2.31. The molecule has 14 heavy (non-hydrogen) atoms. The molecule has 76 valence electrons. The molecule has 0 nitrogen and oxygen atoms in total. The van der Waals surface area contributed by atoms with Crippen LogP contribution in [0.15, 0.2) is 30.4 Å². The summed E-state index contributed by atoms with van der Waals surface area (Å²) in [4.78, 5) is 0. The van der Waals surface area contributed by atoms with Crippen LogP contribution < -0.4 is 0 Å². The van der Waals surface area contributed by atoms with Gasteiger partial charge in [0.25, 0.3) is 0 Å². The summed E-state index contributed by atoms with van der Waals surface area (Å²) in [6.45, 7) is 14.9. The number of aryl methyl sites for hydroxylation is 2. The fraction of sp³-hybridized carbons (Fsp3) is 0.429. The molecular weight excluding hydrogens is 168 g/mol. The largest absolute Gasteiger partial charge is 0.0993 e. The van der Waals surface area contributed by atoms with Crippen molar-refractivity contribution in [3.63, 3.8) is 0 Å². The number of rotatable bonds is 2. The molecule has 0 N–H and O–H groups in total. The average molecular weight is 188 g/mol. The molecule has 0 aliphatic rings. The van der Waals surface area contributed by atoms with Gasteiger partial charge in [0.1, 0.15) is 0 Å². The molecule has 0 heterocycles. The second kappa shape index (κ2) is 3.61. The lowest BCUT2D eigenvalue weighted by molar-refractivity contribution is 0.625.